The van der Waals surface area contributed by atoms with Crippen molar-refractivity contribution in [3.05, 3.63) is 253 Å². The van der Waals surface area contributed by atoms with Crippen LogP contribution in [0, 0.1) is 0 Å². The lowest BCUT2D eigenvalue weighted by atomic mass is 9.70. The van der Waals surface area contributed by atoms with E-state index in [4.69, 9.17) is 0 Å². The molecule has 0 saturated heterocycles. The minimum atomic E-state index is -2.23. The van der Waals surface area contributed by atoms with Crippen LogP contribution in [0.3, 0.4) is 0 Å². The predicted molar refractivity (Wildman–Crippen MR) is 291 cm³/mol. The molecule has 0 saturated carbocycles. The highest BCUT2D eigenvalue weighted by Crippen LogP contribution is 2.63. The first-order valence-corrected chi connectivity index (χ1v) is 27.1. The summed E-state index contributed by atoms with van der Waals surface area (Å²) in [6.07, 6.45) is 0. The summed E-state index contributed by atoms with van der Waals surface area (Å²) in [5, 5.41) is 13.3. The largest absolute Gasteiger partial charge is 0.113 e. The smallest absolute Gasteiger partial charge is 0.0619 e. The summed E-state index contributed by atoms with van der Waals surface area (Å²) in [7, 11) is -2.23. The molecule has 15 rings (SSSR count). The van der Waals surface area contributed by atoms with Crippen molar-refractivity contribution in [2.45, 2.75) is 18.5 Å². The topological polar surface area (TPSA) is 0 Å². The highest BCUT2D eigenvalue weighted by Gasteiger charge is 2.51. The van der Waals surface area contributed by atoms with Gasteiger partial charge in [-0.15, -0.1) is 0 Å². The fourth-order valence-corrected chi connectivity index (χ4v) is 16.3. The van der Waals surface area contributed by atoms with E-state index in [2.05, 4.69) is 244 Å². The van der Waals surface area contributed by atoms with E-state index in [0.717, 1.165) is 0 Å². The fraction of sp³-hybridized carbons (Fsp3) is 0.0448. The molecule has 0 atom stereocenters. The quantitative estimate of drug-likeness (QED) is 0.123. The zero-order valence-electron chi connectivity index (χ0n) is 37.9. The Morgan fingerprint density at radius 2 is 0.676 bits per heavy atom. The van der Waals surface area contributed by atoms with Gasteiger partial charge in [-0.05, 0) is 167 Å². The number of benzene rings is 12. The fourth-order valence-electron chi connectivity index (χ4n) is 13.2. The van der Waals surface area contributed by atoms with Crippen LogP contribution in [0.15, 0.2) is 231 Å². The average Bonchev–Trinajstić information content (AvgIpc) is 3.94. The molecule has 68 heavy (non-hydrogen) atoms. The summed E-state index contributed by atoms with van der Waals surface area (Å²) >= 11 is 0. The van der Waals surface area contributed by atoms with Crippen molar-refractivity contribution < 1.29 is 0 Å². The summed E-state index contributed by atoms with van der Waals surface area (Å²) in [6, 6.07) is 88.1. The lowest BCUT2D eigenvalue weighted by Crippen LogP contribution is -2.49. The lowest BCUT2D eigenvalue weighted by Gasteiger charge is -2.30. The van der Waals surface area contributed by atoms with Crippen LogP contribution in [-0.4, -0.2) is 8.07 Å². The summed E-state index contributed by atoms with van der Waals surface area (Å²) in [5.41, 5.74) is 21.0. The van der Waals surface area contributed by atoms with E-state index in [0.29, 0.717) is 0 Å². The minimum Gasteiger partial charge on any atom is -0.0619 e. The Hall–Kier alpha value is -8.10. The van der Waals surface area contributed by atoms with Gasteiger partial charge in [-0.25, -0.2) is 0 Å². The van der Waals surface area contributed by atoms with E-state index in [9.17, 15) is 0 Å². The van der Waals surface area contributed by atoms with E-state index in [1.165, 1.54) is 142 Å². The lowest BCUT2D eigenvalue weighted by molar-refractivity contribution is 0.794. The third-order valence-corrected chi connectivity index (χ3v) is 19.7. The van der Waals surface area contributed by atoms with E-state index in [-0.39, 0.29) is 5.41 Å². The van der Waals surface area contributed by atoms with Crippen LogP contribution in [-0.2, 0) is 5.41 Å². The molecule has 0 N–H and O–H groups in total. The summed E-state index contributed by atoms with van der Waals surface area (Å²) in [6.45, 7) is 5.16. The second-order valence-corrected chi connectivity index (χ2v) is 24.2. The molecule has 1 heteroatoms. The molecule has 0 aromatic heterocycles. The van der Waals surface area contributed by atoms with Crippen LogP contribution >= 0.6 is 0 Å². The number of hydrogen-bond donors (Lipinski definition) is 0. The number of rotatable bonds is 3. The van der Waals surface area contributed by atoms with E-state index >= 15 is 0 Å². The molecule has 12 aromatic rings. The van der Waals surface area contributed by atoms with Crippen LogP contribution in [0.2, 0.25) is 13.1 Å². The van der Waals surface area contributed by atoms with E-state index < -0.39 is 8.07 Å². The van der Waals surface area contributed by atoms with Crippen molar-refractivity contribution in [2.75, 3.05) is 0 Å². The van der Waals surface area contributed by atoms with Gasteiger partial charge in [0.25, 0.3) is 0 Å². The van der Waals surface area contributed by atoms with Crippen LogP contribution in [0.5, 0.6) is 0 Å². The third kappa shape index (κ3) is 4.99. The van der Waals surface area contributed by atoms with Crippen molar-refractivity contribution >= 4 is 61.5 Å². The third-order valence-electron chi connectivity index (χ3n) is 16.2. The maximum absolute atomic E-state index is 2.63. The standard InChI is InChI=1S/C67H44Si/c1-68(2)63-38-46(45-31-33-52-51-21-11-14-26-61(51)67(62(52)37-45)59-24-12-9-19-49(59)50-20-10-13-25-60(50)67)32-34-53(63)56-39-57-58(40-64(56)68)66(48-30-28-42-16-4-6-18-44(42)36-48)55-23-8-7-22-54(55)65(57)47-29-27-41-15-3-5-17-43(41)35-47/h3-40H,1-2H3. The normalized spacial score (nSPS) is 14.3. The molecule has 0 amide bonds. The van der Waals surface area contributed by atoms with Crippen LogP contribution in [0.1, 0.15) is 22.3 Å². The predicted octanol–water partition coefficient (Wildman–Crippen LogP) is 16.4. The monoisotopic (exact) mass is 876 g/mol. The van der Waals surface area contributed by atoms with Crippen molar-refractivity contribution in [3.63, 3.8) is 0 Å². The molecule has 2 aliphatic carbocycles. The number of fused-ring (bicyclic) bond motifs is 17. The molecular weight excluding hydrogens is 833 g/mol. The van der Waals surface area contributed by atoms with Crippen LogP contribution < -0.4 is 10.4 Å². The van der Waals surface area contributed by atoms with Crippen LogP contribution in [0.4, 0.5) is 0 Å². The molecule has 1 spiro atoms. The summed E-state index contributed by atoms with van der Waals surface area (Å²) < 4.78 is 0. The van der Waals surface area contributed by atoms with Crippen molar-refractivity contribution in [1.82, 2.24) is 0 Å². The maximum Gasteiger partial charge on any atom is 0.113 e. The second-order valence-electron chi connectivity index (χ2n) is 19.9. The van der Waals surface area contributed by atoms with Crippen molar-refractivity contribution in [2.24, 2.45) is 0 Å². The molecule has 3 aliphatic rings. The van der Waals surface area contributed by atoms with Gasteiger partial charge < -0.3 is 0 Å². The van der Waals surface area contributed by atoms with Gasteiger partial charge in [0.2, 0.25) is 0 Å². The first-order valence-electron chi connectivity index (χ1n) is 24.1. The van der Waals surface area contributed by atoms with Gasteiger partial charge in [0.15, 0.2) is 0 Å². The van der Waals surface area contributed by atoms with Gasteiger partial charge in [-0.1, -0.05) is 219 Å². The van der Waals surface area contributed by atoms with Gasteiger partial charge in [-0.2, -0.15) is 0 Å². The van der Waals surface area contributed by atoms with Crippen LogP contribution in [0.25, 0.3) is 110 Å². The SMILES string of the molecule is C[Si]1(C)c2cc(-c3ccc4c(c3)C3(c5ccccc5-c5ccccc53)c3ccccc3-4)ccc2-c2cc3c(-c4ccc5ccccc5c4)c4ccccc4c(-c4ccc5ccccc5c4)c3cc21. The Morgan fingerprint density at radius 3 is 1.24 bits per heavy atom. The maximum atomic E-state index is 2.63. The number of hydrogen-bond acceptors (Lipinski definition) is 0. The van der Waals surface area contributed by atoms with Crippen molar-refractivity contribution in [3.8, 4) is 66.8 Å². The minimum absolute atomic E-state index is 0.370. The molecule has 316 valence electrons. The Balaban J connectivity index is 0.955. The van der Waals surface area contributed by atoms with Gasteiger partial charge >= 0.3 is 0 Å². The molecule has 0 unspecified atom stereocenters. The van der Waals surface area contributed by atoms with Gasteiger partial charge in [0, 0.05) is 0 Å². The molecule has 0 radical (unpaired) electrons. The molecule has 0 bridgehead atoms. The van der Waals surface area contributed by atoms with Gasteiger partial charge in [0.05, 0.1) is 5.41 Å². The zero-order chi connectivity index (χ0) is 44.9. The van der Waals surface area contributed by atoms with Crippen molar-refractivity contribution in [1.29, 1.82) is 0 Å². The molecule has 0 nitrogen and oxygen atoms in total. The van der Waals surface area contributed by atoms with Gasteiger partial charge in [0.1, 0.15) is 8.07 Å². The summed E-state index contributed by atoms with van der Waals surface area (Å²) in [4.78, 5) is 0. The Bertz CT molecular complexity index is 4120. The average molecular weight is 877 g/mol. The Morgan fingerprint density at radius 1 is 0.265 bits per heavy atom. The van der Waals surface area contributed by atoms with Gasteiger partial charge in [-0.3, -0.25) is 0 Å². The highest BCUT2D eigenvalue weighted by atomic mass is 28.3. The first-order chi connectivity index (χ1) is 33.5. The highest BCUT2D eigenvalue weighted by molar-refractivity contribution is 7.04. The molecule has 1 heterocycles. The Labute approximate surface area is 397 Å². The Kier molecular flexibility index (Phi) is 7.68. The molecule has 12 aromatic carbocycles. The zero-order valence-corrected chi connectivity index (χ0v) is 38.9. The summed E-state index contributed by atoms with van der Waals surface area (Å²) in [5.74, 6) is 0. The molecular formula is C67H44Si. The first kappa shape index (κ1) is 38.0. The van der Waals surface area contributed by atoms with E-state index in [1.54, 1.807) is 0 Å². The van der Waals surface area contributed by atoms with E-state index in [1.807, 2.05) is 0 Å². The second kappa shape index (κ2) is 13.7. The molecule has 0 fully saturated rings. The molecule has 1 aliphatic heterocycles.